The lowest BCUT2D eigenvalue weighted by Crippen LogP contribution is -2.54. The highest BCUT2D eigenvalue weighted by Crippen LogP contribution is 2.31. The van der Waals surface area contributed by atoms with Crippen molar-refractivity contribution in [2.24, 2.45) is 0 Å². The fourth-order valence-electron chi connectivity index (χ4n) is 5.22. The number of carbonyl (C=O) groups excluding carboxylic acids is 1. The maximum Gasteiger partial charge on any atom is 0.262 e. The summed E-state index contributed by atoms with van der Waals surface area (Å²) in [6.45, 7) is -0.463. The van der Waals surface area contributed by atoms with Gasteiger partial charge in [0, 0.05) is 66.2 Å². The van der Waals surface area contributed by atoms with Crippen molar-refractivity contribution >= 4 is 22.5 Å². The van der Waals surface area contributed by atoms with Gasteiger partial charge in [0.15, 0.2) is 0 Å². The Labute approximate surface area is 221 Å². The standard InChI is InChI=1S/C28H25F3N6O2/c1-39-24-4-2-3-22(29)21(24)15-36-14-19(12-28(30,31)16-36)33-27(38)17-5-7-23-20(11-17)26(35-34-23)18-6-8-25-32-9-10-37(25)13-18/h2-11,13,19H,12,14-16H2,1H3,(H,33,38)(H,34,35)/t19-/m1/s1. The number of likely N-dealkylation sites (tertiary alicyclic amines) is 1. The summed E-state index contributed by atoms with van der Waals surface area (Å²) in [5, 5.41) is 10.9. The van der Waals surface area contributed by atoms with Crippen LogP contribution >= 0.6 is 0 Å². The molecule has 0 radical (unpaired) electrons. The van der Waals surface area contributed by atoms with Gasteiger partial charge in [-0.3, -0.25) is 14.8 Å². The van der Waals surface area contributed by atoms with E-state index in [1.54, 1.807) is 30.5 Å². The van der Waals surface area contributed by atoms with Crippen LogP contribution in [0.15, 0.2) is 67.1 Å². The summed E-state index contributed by atoms with van der Waals surface area (Å²) in [6.07, 6.45) is 4.92. The third-order valence-electron chi connectivity index (χ3n) is 6.98. The molecule has 1 aliphatic rings. The summed E-state index contributed by atoms with van der Waals surface area (Å²) in [7, 11) is 1.41. The molecule has 1 saturated heterocycles. The number of pyridine rings is 1. The number of piperidine rings is 1. The molecular formula is C28H25F3N6O2. The first-order valence-corrected chi connectivity index (χ1v) is 12.4. The van der Waals surface area contributed by atoms with E-state index in [9.17, 15) is 18.0 Å². The van der Waals surface area contributed by atoms with Crippen molar-refractivity contribution in [1.82, 2.24) is 29.8 Å². The third-order valence-corrected chi connectivity index (χ3v) is 6.98. The zero-order valence-electron chi connectivity index (χ0n) is 21.0. The van der Waals surface area contributed by atoms with Gasteiger partial charge < -0.3 is 14.5 Å². The molecule has 1 fully saturated rings. The minimum Gasteiger partial charge on any atom is -0.496 e. The predicted molar refractivity (Wildman–Crippen MR) is 139 cm³/mol. The monoisotopic (exact) mass is 534 g/mol. The molecule has 2 aromatic carbocycles. The van der Waals surface area contributed by atoms with Gasteiger partial charge >= 0.3 is 0 Å². The number of alkyl halides is 2. The molecule has 8 nitrogen and oxygen atoms in total. The second kappa shape index (κ2) is 9.73. The molecule has 1 amide bonds. The molecular weight excluding hydrogens is 509 g/mol. The number of H-pyrrole nitrogens is 1. The fourth-order valence-corrected chi connectivity index (χ4v) is 5.22. The van der Waals surface area contributed by atoms with Gasteiger partial charge in [-0.15, -0.1) is 0 Å². The van der Waals surface area contributed by atoms with Crippen molar-refractivity contribution in [3.05, 3.63) is 84.1 Å². The number of aromatic amines is 1. The number of methoxy groups -OCH3 is 1. The molecule has 0 spiro atoms. The summed E-state index contributed by atoms with van der Waals surface area (Å²) in [6, 6.07) is 12.4. The highest BCUT2D eigenvalue weighted by atomic mass is 19.3. The van der Waals surface area contributed by atoms with Gasteiger partial charge in [-0.25, -0.2) is 18.2 Å². The number of ether oxygens (including phenoxy) is 1. The molecule has 3 aromatic heterocycles. The van der Waals surface area contributed by atoms with Crippen molar-refractivity contribution in [2.75, 3.05) is 20.2 Å². The van der Waals surface area contributed by atoms with Crippen molar-refractivity contribution in [1.29, 1.82) is 0 Å². The topological polar surface area (TPSA) is 87.5 Å². The molecule has 0 aliphatic carbocycles. The Bertz CT molecular complexity index is 1680. The van der Waals surface area contributed by atoms with Gasteiger partial charge in [0.1, 0.15) is 22.9 Å². The van der Waals surface area contributed by atoms with E-state index in [0.29, 0.717) is 17.0 Å². The van der Waals surface area contributed by atoms with E-state index >= 15 is 0 Å². The van der Waals surface area contributed by atoms with Gasteiger partial charge in [0.2, 0.25) is 0 Å². The average molecular weight is 535 g/mol. The van der Waals surface area contributed by atoms with Crippen LogP contribution in [0.4, 0.5) is 13.2 Å². The number of hydrogen-bond acceptors (Lipinski definition) is 5. The van der Waals surface area contributed by atoms with E-state index in [-0.39, 0.29) is 18.7 Å². The third kappa shape index (κ3) is 4.92. The summed E-state index contributed by atoms with van der Waals surface area (Å²) >= 11 is 0. The Kier molecular flexibility index (Phi) is 6.22. The Morgan fingerprint density at radius 1 is 1.23 bits per heavy atom. The highest BCUT2D eigenvalue weighted by Gasteiger charge is 2.41. The first-order valence-electron chi connectivity index (χ1n) is 12.4. The predicted octanol–water partition coefficient (Wildman–Crippen LogP) is 4.66. The van der Waals surface area contributed by atoms with Gasteiger partial charge in [-0.2, -0.15) is 5.10 Å². The number of amides is 1. The normalized spacial score (nSPS) is 17.5. The number of benzene rings is 2. The maximum absolute atomic E-state index is 14.7. The molecule has 1 aliphatic heterocycles. The molecule has 11 heteroatoms. The van der Waals surface area contributed by atoms with Crippen LogP contribution in [-0.4, -0.2) is 62.6 Å². The Hall–Kier alpha value is -4.38. The summed E-state index contributed by atoms with van der Waals surface area (Å²) < 4.78 is 50.9. The smallest absolute Gasteiger partial charge is 0.262 e. The van der Waals surface area contributed by atoms with Crippen molar-refractivity contribution < 1.29 is 22.7 Å². The molecule has 4 heterocycles. The first kappa shape index (κ1) is 24.9. The lowest BCUT2D eigenvalue weighted by Gasteiger charge is -2.38. The second-order valence-corrected chi connectivity index (χ2v) is 9.76. The molecule has 200 valence electrons. The number of halogens is 3. The van der Waals surface area contributed by atoms with Crippen LogP contribution in [0.1, 0.15) is 22.3 Å². The van der Waals surface area contributed by atoms with E-state index in [1.165, 1.54) is 24.1 Å². The lowest BCUT2D eigenvalue weighted by atomic mass is 10.00. The largest absolute Gasteiger partial charge is 0.496 e. The van der Waals surface area contributed by atoms with Gasteiger partial charge in [-0.1, -0.05) is 6.07 Å². The Morgan fingerprint density at radius 2 is 2.10 bits per heavy atom. The van der Waals surface area contributed by atoms with E-state index in [0.717, 1.165) is 22.1 Å². The summed E-state index contributed by atoms with van der Waals surface area (Å²) in [5.74, 6) is -3.76. The lowest BCUT2D eigenvalue weighted by molar-refractivity contribution is -0.0763. The van der Waals surface area contributed by atoms with Crippen molar-refractivity contribution in [3.63, 3.8) is 0 Å². The molecule has 0 saturated carbocycles. The number of hydrogen-bond donors (Lipinski definition) is 2. The summed E-state index contributed by atoms with van der Waals surface area (Å²) in [5.41, 5.74) is 3.55. The molecule has 0 unspecified atom stereocenters. The molecule has 2 N–H and O–H groups in total. The number of carbonyl (C=O) groups is 1. The molecule has 5 aromatic rings. The minimum atomic E-state index is -3.05. The van der Waals surface area contributed by atoms with E-state index < -0.39 is 36.7 Å². The van der Waals surface area contributed by atoms with Crippen LogP contribution in [-0.2, 0) is 6.54 Å². The van der Waals surface area contributed by atoms with Crippen LogP contribution in [0, 0.1) is 5.82 Å². The first-order chi connectivity index (χ1) is 18.8. The Balaban J connectivity index is 1.22. The number of aromatic nitrogens is 4. The zero-order chi connectivity index (χ0) is 27.1. The summed E-state index contributed by atoms with van der Waals surface area (Å²) in [4.78, 5) is 18.9. The number of nitrogens with zero attached hydrogens (tertiary/aromatic N) is 4. The second-order valence-electron chi connectivity index (χ2n) is 9.76. The van der Waals surface area contributed by atoms with Gasteiger partial charge in [0.25, 0.3) is 11.8 Å². The average Bonchev–Trinajstić information content (AvgIpc) is 3.55. The van der Waals surface area contributed by atoms with Crippen LogP contribution < -0.4 is 10.1 Å². The van der Waals surface area contributed by atoms with Crippen LogP contribution in [0.3, 0.4) is 0 Å². The van der Waals surface area contributed by atoms with Crippen LogP contribution in [0.5, 0.6) is 5.75 Å². The molecule has 0 bridgehead atoms. The van der Waals surface area contributed by atoms with E-state index in [2.05, 4.69) is 20.5 Å². The Morgan fingerprint density at radius 3 is 2.95 bits per heavy atom. The molecule has 39 heavy (non-hydrogen) atoms. The number of rotatable bonds is 6. The quantitative estimate of drug-likeness (QED) is 0.331. The van der Waals surface area contributed by atoms with Gasteiger partial charge in [-0.05, 0) is 42.5 Å². The van der Waals surface area contributed by atoms with Gasteiger partial charge in [0.05, 0.1) is 19.2 Å². The van der Waals surface area contributed by atoms with Crippen LogP contribution in [0.2, 0.25) is 0 Å². The van der Waals surface area contributed by atoms with E-state index in [4.69, 9.17) is 4.74 Å². The fraction of sp³-hybridized carbons (Fsp3) is 0.250. The molecule has 6 rings (SSSR count). The minimum absolute atomic E-state index is 0.0661. The zero-order valence-corrected chi connectivity index (χ0v) is 21.0. The van der Waals surface area contributed by atoms with Crippen LogP contribution in [0.25, 0.3) is 27.8 Å². The number of nitrogens with one attached hydrogen (secondary N) is 2. The molecule has 1 atom stereocenters. The maximum atomic E-state index is 14.7. The number of imidazole rings is 1. The van der Waals surface area contributed by atoms with Crippen molar-refractivity contribution in [2.45, 2.75) is 24.9 Å². The SMILES string of the molecule is COc1cccc(F)c1CN1C[C@H](NC(=O)c2ccc3[nH]nc(-c4ccc5nccn5c4)c3c2)CC(F)(F)C1. The highest BCUT2D eigenvalue weighted by molar-refractivity contribution is 6.01. The number of fused-ring (bicyclic) bond motifs is 2. The van der Waals surface area contributed by atoms with E-state index in [1.807, 2.05) is 28.9 Å². The van der Waals surface area contributed by atoms with Crippen molar-refractivity contribution in [3.8, 4) is 17.0 Å².